The molecule has 0 fully saturated rings. The van der Waals surface area contributed by atoms with Crippen LogP contribution < -0.4 is 15.8 Å². The van der Waals surface area contributed by atoms with Gasteiger partial charge in [0.1, 0.15) is 18.0 Å². The third-order valence-electron chi connectivity index (χ3n) is 2.70. The first kappa shape index (κ1) is 15.1. The summed E-state index contributed by atoms with van der Waals surface area (Å²) < 4.78 is 5.36. The summed E-state index contributed by atoms with van der Waals surface area (Å²) in [5.41, 5.74) is 6.21. The van der Waals surface area contributed by atoms with Gasteiger partial charge in [0.05, 0.1) is 9.95 Å². The molecule has 0 aliphatic heterocycles. The fourth-order valence-corrected chi connectivity index (χ4v) is 1.96. The number of nitrogens with one attached hydrogen (secondary N) is 1. The predicted octanol–water partition coefficient (Wildman–Crippen LogP) is 3.33. The molecule has 2 aromatic carbocycles. The van der Waals surface area contributed by atoms with E-state index in [-0.39, 0.29) is 16.4 Å². The van der Waals surface area contributed by atoms with Crippen LogP contribution in [0.2, 0.25) is 5.02 Å². The molecule has 0 aliphatic carbocycles. The zero-order valence-electron chi connectivity index (χ0n) is 11.1. The monoisotopic (exact) mass is 307 g/mol. The summed E-state index contributed by atoms with van der Waals surface area (Å²) in [6.45, 7) is 0.870. The van der Waals surface area contributed by atoms with E-state index < -0.39 is 4.92 Å². The van der Waals surface area contributed by atoms with Gasteiger partial charge in [0.15, 0.2) is 0 Å². The molecule has 0 saturated carbocycles. The van der Waals surface area contributed by atoms with Crippen LogP contribution in [0.5, 0.6) is 5.75 Å². The molecule has 0 unspecified atom stereocenters. The second kappa shape index (κ2) is 6.92. The Balaban J connectivity index is 2.20. The summed E-state index contributed by atoms with van der Waals surface area (Å²) >= 11 is 6.02. The molecule has 0 atom stereocenters. The van der Waals surface area contributed by atoms with E-state index in [2.05, 4.69) is 5.32 Å². The Hall–Kier alpha value is -2.31. The summed E-state index contributed by atoms with van der Waals surface area (Å²) in [6.07, 6.45) is 0. The number of nitro benzene ring substituents is 1. The van der Waals surface area contributed by atoms with Gasteiger partial charge < -0.3 is 15.8 Å². The average Bonchev–Trinajstić information content (AvgIpc) is 2.48. The second-order valence-corrected chi connectivity index (χ2v) is 4.58. The van der Waals surface area contributed by atoms with Crippen molar-refractivity contribution in [1.82, 2.24) is 0 Å². The summed E-state index contributed by atoms with van der Waals surface area (Å²) in [5.74, 6) is 0.680. The van der Waals surface area contributed by atoms with Crippen LogP contribution in [0, 0.1) is 10.1 Å². The molecule has 7 heteroatoms. The van der Waals surface area contributed by atoms with E-state index in [0.717, 1.165) is 0 Å². The van der Waals surface area contributed by atoms with Crippen molar-refractivity contribution < 1.29 is 9.66 Å². The van der Waals surface area contributed by atoms with Gasteiger partial charge in [-0.2, -0.15) is 0 Å². The summed E-state index contributed by atoms with van der Waals surface area (Å²) in [5, 5.41) is 14.2. The van der Waals surface area contributed by atoms with Crippen molar-refractivity contribution in [3.05, 3.63) is 57.6 Å². The first-order chi connectivity index (χ1) is 10.1. The van der Waals surface area contributed by atoms with E-state index in [1.54, 1.807) is 30.3 Å². The van der Waals surface area contributed by atoms with Gasteiger partial charge in [-0.15, -0.1) is 0 Å². The topological polar surface area (TPSA) is 90.4 Å². The lowest BCUT2D eigenvalue weighted by molar-refractivity contribution is -0.383. The molecule has 2 aromatic rings. The van der Waals surface area contributed by atoms with Gasteiger partial charge in [-0.3, -0.25) is 10.1 Å². The van der Waals surface area contributed by atoms with Gasteiger partial charge >= 0.3 is 0 Å². The Labute approximate surface area is 126 Å². The molecule has 110 valence electrons. The van der Waals surface area contributed by atoms with Gasteiger partial charge in [-0.1, -0.05) is 17.7 Å². The summed E-state index contributed by atoms with van der Waals surface area (Å²) in [6, 6.07) is 11.5. The van der Waals surface area contributed by atoms with Crippen molar-refractivity contribution in [1.29, 1.82) is 0 Å². The highest BCUT2D eigenvalue weighted by Crippen LogP contribution is 2.34. The Morgan fingerprint density at radius 1 is 1.24 bits per heavy atom. The number of rotatable bonds is 6. The Kier molecular flexibility index (Phi) is 4.97. The van der Waals surface area contributed by atoms with Gasteiger partial charge in [0, 0.05) is 18.3 Å². The van der Waals surface area contributed by atoms with Crippen molar-refractivity contribution in [2.24, 2.45) is 5.73 Å². The van der Waals surface area contributed by atoms with Crippen molar-refractivity contribution in [3.8, 4) is 5.75 Å². The van der Waals surface area contributed by atoms with Crippen molar-refractivity contribution in [2.45, 2.75) is 0 Å². The molecule has 3 N–H and O–H groups in total. The number of nitro groups is 1. The van der Waals surface area contributed by atoms with Gasteiger partial charge in [-0.25, -0.2) is 0 Å². The molecule has 0 aromatic heterocycles. The third-order valence-corrected chi connectivity index (χ3v) is 3.01. The van der Waals surface area contributed by atoms with E-state index in [4.69, 9.17) is 22.1 Å². The Morgan fingerprint density at radius 2 is 1.95 bits per heavy atom. The summed E-state index contributed by atoms with van der Waals surface area (Å²) in [7, 11) is 0. The quantitative estimate of drug-likeness (QED) is 0.631. The zero-order valence-corrected chi connectivity index (χ0v) is 11.8. The number of hydrogen-bond donors (Lipinski definition) is 2. The lowest BCUT2D eigenvalue weighted by Crippen LogP contribution is -2.10. The van der Waals surface area contributed by atoms with E-state index >= 15 is 0 Å². The number of benzene rings is 2. The molecule has 0 saturated heterocycles. The highest BCUT2D eigenvalue weighted by Gasteiger charge is 2.16. The fourth-order valence-electron chi connectivity index (χ4n) is 1.74. The normalized spacial score (nSPS) is 10.2. The minimum absolute atomic E-state index is 0.0778. The molecular formula is C14H14ClN3O3. The van der Waals surface area contributed by atoms with Crippen LogP contribution in [-0.4, -0.2) is 18.1 Å². The SMILES string of the molecule is NCCOc1ccc(Nc2c(Cl)cccc2[N+](=O)[O-])cc1. The van der Waals surface area contributed by atoms with Crippen molar-refractivity contribution >= 4 is 28.7 Å². The standard InChI is InChI=1S/C14H14ClN3O3/c15-12-2-1-3-13(18(19)20)14(12)17-10-4-6-11(7-5-10)21-9-8-16/h1-7,17H,8-9,16H2. The number of halogens is 1. The Bertz CT molecular complexity index is 632. The smallest absolute Gasteiger partial charge is 0.294 e. The lowest BCUT2D eigenvalue weighted by atomic mass is 10.2. The minimum atomic E-state index is -0.479. The number of nitrogens with two attached hydrogens (primary N) is 1. The van der Waals surface area contributed by atoms with Crippen molar-refractivity contribution in [2.75, 3.05) is 18.5 Å². The molecule has 0 radical (unpaired) electrons. The van der Waals surface area contributed by atoms with Crippen molar-refractivity contribution in [3.63, 3.8) is 0 Å². The molecular weight excluding hydrogens is 294 g/mol. The first-order valence-corrected chi connectivity index (χ1v) is 6.62. The van der Waals surface area contributed by atoms with Gasteiger partial charge in [0.2, 0.25) is 0 Å². The fraction of sp³-hybridized carbons (Fsp3) is 0.143. The third kappa shape index (κ3) is 3.84. The number of anilines is 2. The molecule has 2 rings (SSSR count). The maximum Gasteiger partial charge on any atom is 0.294 e. The van der Waals surface area contributed by atoms with Crippen LogP contribution in [-0.2, 0) is 0 Å². The highest BCUT2D eigenvalue weighted by molar-refractivity contribution is 6.33. The molecule has 21 heavy (non-hydrogen) atoms. The molecule has 0 amide bonds. The van der Waals surface area contributed by atoms with Crippen LogP contribution in [0.4, 0.5) is 17.1 Å². The number of nitrogens with zero attached hydrogens (tertiary/aromatic N) is 1. The largest absolute Gasteiger partial charge is 0.492 e. The van der Waals surface area contributed by atoms with Gasteiger partial charge in [-0.05, 0) is 30.3 Å². The minimum Gasteiger partial charge on any atom is -0.492 e. The van der Waals surface area contributed by atoms with Crippen LogP contribution in [0.15, 0.2) is 42.5 Å². The molecule has 0 bridgehead atoms. The van der Waals surface area contributed by atoms with E-state index in [1.807, 2.05) is 0 Å². The Morgan fingerprint density at radius 3 is 2.57 bits per heavy atom. The second-order valence-electron chi connectivity index (χ2n) is 4.18. The predicted molar refractivity (Wildman–Crippen MR) is 82.4 cm³/mol. The highest BCUT2D eigenvalue weighted by atomic mass is 35.5. The number of ether oxygens (including phenoxy) is 1. The molecule has 0 heterocycles. The average molecular weight is 308 g/mol. The maximum absolute atomic E-state index is 11.0. The van der Waals surface area contributed by atoms with E-state index in [0.29, 0.717) is 24.6 Å². The number of para-hydroxylation sites is 1. The first-order valence-electron chi connectivity index (χ1n) is 6.24. The lowest BCUT2D eigenvalue weighted by Gasteiger charge is -2.10. The zero-order chi connectivity index (χ0) is 15.2. The molecule has 0 spiro atoms. The van der Waals surface area contributed by atoms with Crippen LogP contribution >= 0.6 is 11.6 Å². The van der Waals surface area contributed by atoms with Gasteiger partial charge in [0.25, 0.3) is 5.69 Å². The summed E-state index contributed by atoms with van der Waals surface area (Å²) in [4.78, 5) is 10.5. The van der Waals surface area contributed by atoms with Crippen LogP contribution in [0.1, 0.15) is 0 Å². The van der Waals surface area contributed by atoms with Crippen LogP contribution in [0.3, 0.4) is 0 Å². The molecule has 0 aliphatic rings. The van der Waals surface area contributed by atoms with E-state index in [9.17, 15) is 10.1 Å². The molecule has 6 nitrogen and oxygen atoms in total. The van der Waals surface area contributed by atoms with Crippen LogP contribution in [0.25, 0.3) is 0 Å². The maximum atomic E-state index is 11.0. The van der Waals surface area contributed by atoms with E-state index in [1.165, 1.54) is 12.1 Å². The number of hydrogen-bond acceptors (Lipinski definition) is 5.